The zero-order chi connectivity index (χ0) is 13.7. The Kier molecular flexibility index (Phi) is 4.39. The summed E-state index contributed by atoms with van der Waals surface area (Å²) in [5, 5.41) is 0.599. The van der Waals surface area contributed by atoms with Crippen LogP contribution in [0.1, 0.15) is 10.4 Å². The number of carbonyl (C=O) groups is 1. The first-order chi connectivity index (χ1) is 9.19. The molecule has 0 amide bonds. The van der Waals surface area contributed by atoms with Gasteiger partial charge in [0, 0.05) is 16.3 Å². The SMILES string of the molecule is NNc1ccc(OCC(=O)c2ccc(Cl)cc2)cc1. The lowest BCUT2D eigenvalue weighted by Gasteiger charge is -2.06. The zero-order valence-electron chi connectivity index (χ0n) is 10.1. The van der Waals surface area contributed by atoms with Crippen molar-refractivity contribution in [3.05, 3.63) is 59.1 Å². The predicted molar refractivity (Wildman–Crippen MR) is 75.5 cm³/mol. The number of nitrogens with one attached hydrogen (secondary N) is 1. The Labute approximate surface area is 116 Å². The molecule has 19 heavy (non-hydrogen) atoms. The molecule has 0 fully saturated rings. The lowest BCUT2D eigenvalue weighted by atomic mass is 10.1. The summed E-state index contributed by atoms with van der Waals surface area (Å²) in [5.41, 5.74) is 3.86. The van der Waals surface area contributed by atoms with Gasteiger partial charge < -0.3 is 10.2 Å². The number of rotatable bonds is 5. The minimum atomic E-state index is -0.0994. The summed E-state index contributed by atoms with van der Waals surface area (Å²) in [6.45, 7) is -0.0168. The minimum absolute atomic E-state index is 0.0168. The summed E-state index contributed by atoms with van der Waals surface area (Å²) in [7, 11) is 0. The Hall–Kier alpha value is -2.04. The van der Waals surface area contributed by atoms with Gasteiger partial charge in [-0.05, 0) is 48.5 Å². The van der Waals surface area contributed by atoms with Gasteiger partial charge in [0.2, 0.25) is 0 Å². The van der Waals surface area contributed by atoms with Crippen LogP contribution >= 0.6 is 11.6 Å². The highest BCUT2D eigenvalue weighted by molar-refractivity contribution is 6.30. The molecule has 98 valence electrons. The van der Waals surface area contributed by atoms with E-state index in [1.54, 1.807) is 48.5 Å². The van der Waals surface area contributed by atoms with Gasteiger partial charge in [-0.3, -0.25) is 10.6 Å². The quantitative estimate of drug-likeness (QED) is 0.501. The van der Waals surface area contributed by atoms with Crippen LogP contribution in [0, 0.1) is 0 Å². The summed E-state index contributed by atoms with van der Waals surface area (Å²) in [6, 6.07) is 13.7. The molecule has 0 saturated carbocycles. The van der Waals surface area contributed by atoms with E-state index in [1.165, 1.54) is 0 Å². The molecule has 2 aromatic rings. The standard InChI is InChI=1S/C14H13ClN2O2/c15-11-3-1-10(2-4-11)14(18)9-19-13-7-5-12(17-16)6-8-13/h1-8,17H,9,16H2. The second kappa shape index (κ2) is 6.22. The van der Waals surface area contributed by atoms with E-state index in [0.717, 1.165) is 5.69 Å². The van der Waals surface area contributed by atoms with Gasteiger partial charge in [-0.15, -0.1) is 0 Å². The Bertz CT molecular complexity index is 553. The Morgan fingerprint density at radius 2 is 1.74 bits per heavy atom. The number of ether oxygens (including phenoxy) is 1. The van der Waals surface area contributed by atoms with Gasteiger partial charge in [0.1, 0.15) is 5.75 Å². The van der Waals surface area contributed by atoms with E-state index in [2.05, 4.69) is 5.43 Å². The average Bonchev–Trinajstić information content (AvgIpc) is 2.46. The molecule has 2 aromatic carbocycles. The third-order valence-corrected chi connectivity index (χ3v) is 2.81. The van der Waals surface area contributed by atoms with Crippen molar-refractivity contribution >= 4 is 23.1 Å². The van der Waals surface area contributed by atoms with Gasteiger partial charge in [-0.1, -0.05) is 11.6 Å². The molecule has 0 aliphatic heterocycles. The topological polar surface area (TPSA) is 64.3 Å². The Morgan fingerprint density at radius 3 is 2.32 bits per heavy atom. The van der Waals surface area contributed by atoms with Crippen LogP contribution in [0.15, 0.2) is 48.5 Å². The van der Waals surface area contributed by atoms with Crippen molar-refractivity contribution < 1.29 is 9.53 Å². The maximum absolute atomic E-state index is 11.9. The van der Waals surface area contributed by atoms with Gasteiger partial charge >= 0.3 is 0 Å². The summed E-state index contributed by atoms with van der Waals surface area (Å²) in [4.78, 5) is 11.9. The lowest BCUT2D eigenvalue weighted by molar-refractivity contribution is 0.0921. The van der Waals surface area contributed by atoms with Gasteiger partial charge in [-0.25, -0.2) is 0 Å². The molecule has 3 N–H and O–H groups in total. The first kappa shape index (κ1) is 13.4. The highest BCUT2D eigenvalue weighted by atomic mass is 35.5. The van der Waals surface area contributed by atoms with Crippen LogP contribution in [0.3, 0.4) is 0 Å². The molecule has 4 nitrogen and oxygen atoms in total. The van der Waals surface area contributed by atoms with Crippen LogP contribution in [-0.2, 0) is 0 Å². The van der Waals surface area contributed by atoms with Gasteiger partial charge in [-0.2, -0.15) is 0 Å². The molecule has 0 spiro atoms. The van der Waals surface area contributed by atoms with E-state index in [0.29, 0.717) is 16.3 Å². The van der Waals surface area contributed by atoms with Crippen molar-refractivity contribution in [2.24, 2.45) is 5.84 Å². The fourth-order valence-corrected chi connectivity index (χ4v) is 1.64. The summed E-state index contributed by atoms with van der Waals surface area (Å²) >= 11 is 5.76. The van der Waals surface area contributed by atoms with E-state index in [1.807, 2.05) is 0 Å². The summed E-state index contributed by atoms with van der Waals surface area (Å²) in [5.74, 6) is 5.77. The molecule has 0 aromatic heterocycles. The number of nitrogen functional groups attached to an aromatic ring is 1. The highest BCUT2D eigenvalue weighted by Crippen LogP contribution is 2.15. The van der Waals surface area contributed by atoms with E-state index < -0.39 is 0 Å². The third-order valence-electron chi connectivity index (χ3n) is 2.56. The molecule has 0 radical (unpaired) electrons. The van der Waals surface area contributed by atoms with Crippen molar-refractivity contribution in [3.8, 4) is 5.75 Å². The monoisotopic (exact) mass is 276 g/mol. The molecular weight excluding hydrogens is 264 g/mol. The minimum Gasteiger partial charge on any atom is -0.485 e. The molecule has 0 bridgehead atoms. The molecule has 0 aliphatic rings. The number of hydrogen-bond acceptors (Lipinski definition) is 4. The molecule has 0 atom stereocenters. The van der Waals surface area contributed by atoms with Crippen LogP contribution in [0.5, 0.6) is 5.75 Å². The number of Topliss-reactive ketones (excluding diaryl/α,β-unsaturated/α-hetero) is 1. The van der Waals surface area contributed by atoms with E-state index in [4.69, 9.17) is 22.2 Å². The number of halogens is 1. The van der Waals surface area contributed by atoms with E-state index >= 15 is 0 Å². The number of hydrogen-bond donors (Lipinski definition) is 2. The van der Waals surface area contributed by atoms with Crippen molar-refractivity contribution in [1.29, 1.82) is 0 Å². The molecule has 2 rings (SSSR count). The van der Waals surface area contributed by atoms with Crippen LogP contribution in [0.2, 0.25) is 5.02 Å². The fraction of sp³-hybridized carbons (Fsp3) is 0.0714. The normalized spacial score (nSPS) is 10.0. The van der Waals surface area contributed by atoms with Gasteiger partial charge in [0.05, 0.1) is 0 Å². The molecule has 0 saturated heterocycles. The molecular formula is C14H13ClN2O2. The maximum Gasteiger partial charge on any atom is 0.200 e. The average molecular weight is 277 g/mol. The van der Waals surface area contributed by atoms with E-state index in [9.17, 15) is 4.79 Å². The van der Waals surface area contributed by atoms with Gasteiger partial charge in [0.25, 0.3) is 0 Å². The largest absolute Gasteiger partial charge is 0.485 e. The lowest BCUT2D eigenvalue weighted by Crippen LogP contribution is -2.11. The second-order valence-electron chi connectivity index (χ2n) is 3.89. The Balaban J connectivity index is 1.94. The first-order valence-electron chi connectivity index (χ1n) is 5.67. The number of hydrazine groups is 1. The van der Waals surface area contributed by atoms with Crippen LogP contribution < -0.4 is 16.0 Å². The Morgan fingerprint density at radius 1 is 1.11 bits per heavy atom. The number of anilines is 1. The number of benzene rings is 2. The zero-order valence-corrected chi connectivity index (χ0v) is 10.9. The van der Waals surface area contributed by atoms with Crippen LogP contribution in [0.25, 0.3) is 0 Å². The smallest absolute Gasteiger partial charge is 0.200 e. The van der Waals surface area contributed by atoms with Crippen LogP contribution in [0.4, 0.5) is 5.69 Å². The van der Waals surface area contributed by atoms with Crippen LogP contribution in [-0.4, -0.2) is 12.4 Å². The molecule has 0 unspecified atom stereocenters. The number of nitrogens with two attached hydrogens (primary N) is 1. The summed E-state index contributed by atoms with van der Waals surface area (Å²) in [6.07, 6.45) is 0. The van der Waals surface area contributed by atoms with Crippen molar-refractivity contribution in [2.45, 2.75) is 0 Å². The predicted octanol–water partition coefficient (Wildman–Crippen LogP) is 2.89. The van der Waals surface area contributed by atoms with E-state index in [-0.39, 0.29) is 12.4 Å². The number of ketones is 1. The maximum atomic E-state index is 11.9. The van der Waals surface area contributed by atoms with Crippen molar-refractivity contribution in [3.63, 3.8) is 0 Å². The third kappa shape index (κ3) is 3.71. The summed E-state index contributed by atoms with van der Waals surface area (Å²) < 4.78 is 5.40. The number of carbonyl (C=O) groups excluding carboxylic acids is 1. The molecule has 0 aliphatic carbocycles. The van der Waals surface area contributed by atoms with Gasteiger partial charge in [0.15, 0.2) is 12.4 Å². The second-order valence-corrected chi connectivity index (χ2v) is 4.32. The molecule has 5 heteroatoms. The fourth-order valence-electron chi connectivity index (χ4n) is 1.52. The van der Waals surface area contributed by atoms with Crippen molar-refractivity contribution in [1.82, 2.24) is 0 Å². The first-order valence-corrected chi connectivity index (χ1v) is 6.05. The van der Waals surface area contributed by atoms with Crippen molar-refractivity contribution in [2.75, 3.05) is 12.0 Å². The molecule has 0 heterocycles. The highest BCUT2D eigenvalue weighted by Gasteiger charge is 2.06.